The van der Waals surface area contributed by atoms with Crippen LogP contribution >= 0.6 is 0 Å². The maximum atomic E-state index is 13.8. The topological polar surface area (TPSA) is 171 Å². The van der Waals surface area contributed by atoms with Gasteiger partial charge >= 0.3 is 11.9 Å². The molecule has 0 radical (unpaired) electrons. The highest BCUT2D eigenvalue weighted by Crippen LogP contribution is 2.34. The number of hydrogen-bond donors (Lipinski definition) is 4. The molecular formula is C31H36FNO9. The van der Waals surface area contributed by atoms with Crippen molar-refractivity contribution in [1.82, 2.24) is 4.57 Å². The molecule has 0 aliphatic rings. The van der Waals surface area contributed by atoms with E-state index in [1.54, 1.807) is 19.2 Å². The van der Waals surface area contributed by atoms with Crippen LogP contribution in [-0.4, -0.2) is 59.7 Å². The summed E-state index contributed by atoms with van der Waals surface area (Å²) in [6.45, 7) is 5.56. The Hall–Kier alpha value is -4.22. The summed E-state index contributed by atoms with van der Waals surface area (Å²) >= 11 is 0. The molecule has 2 aromatic rings. The molecule has 4 N–H and O–H groups in total. The van der Waals surface area contributed by atoms with Crippen LogP contribution in [0.25, 0.3) is 23.3 Å². The zero-order valence-electron chi connectivity index (χ0n) is 24.2. The van der Waals surface area contributed by atoms with E-state index < -0.39 is 40.5 Å². The van der Waals surface area contributed by atoms with Crippen molar-refractivity contribution in [3.63, 3.8) is 0 Å². The van der Waals surface area contributed by atoms with Gasteiger partial charge in [0.2, 0.25) is 11.2 Å². The fraction of sp³-hybridized carbons (Fsp3) is 0.387. The highest BCUT2D eigenvalue weighted by molar-refractivity contribution is 6.06. The number of pyridine rings is 1. The predicted molar refractivity (Wildman–Crippen MR) is 154 cm³/mol. The highest BCUT2D eigenvalue weighted by atomic mass is 19.1. The molecule has 11 heteroatoms. The van der Waals surface area contributed by atoms with Crippen molar-refractivity contribution in [3.8, 4) is 11.1 Å². The summed E-state index contributed by atoms with van der Waals surface area (Å²) in [5.74, 6) is -5.75. The predicted octanol–water partition coefficient (Wildman–Crippen LogP) is 3.71. The molecule has 1 aromatic carbocycles. The maximum Gasteiger partial charge on any atom is 0.343 e. The van der Waals surface area contributed by atoms with Crippen molar-refractivity contribution in [3.05, 3.63) is 69.4 Å². The summed E-state index contributed by atoms with van der Waals surface area (Å²) in [4.78, 5) is 60.3. The Bertz CT molecular complexity index is 1480. The zero-order valence-corrected chi connectivity index (χ0v) is 24.2. The molecule has 1 aromatic heterocycles. The molecular weight excluding hydrogens is 549 g/mol. The van der Waals surface area contributed by atoms with Crippen molar-refractivity contribution in [2.45, 2.75) is 70.5 Å². The fourth-order valence-corrected chi connectivity index (χ4v) is 4.36. The van der Waals surface area contributed by atoms with Gasteiger partial charge in [-0.25, -0.2) is 14.0 Å². The Labute approximate surface area is 242 Å². The molecule has 0 fully saturated rings. The number of allylic oxidation sites excluding steroid dienone is 2. The van der Waals surface area contributed by atoms with Crippen LogP contribution in [0.2, 0.25) is 0 Å². The van der Waals surface area contributed by atoms with E-state index in [1.165, 1.54) is 41.0 Å². The number of aliphatic hydroxyl groups is 2. The number of carboxylic acids is 2. The number of carboxylic acid groups (broad SMARTS) is 2. The quantitative estimate of drug-likeness (QED) is 0.241. The first-order valence-corrected chi connectivity index (χ1v) is 13.3. The number of benzene rings is 1. The van der Waals surface area contributed by atoms with Gasteiger partial charge < -0.3 is 25.0 Å². The lowest BCUT2D eigenvalue weighted by atomic mass is 9.89. The standard InChI is InChI=1S/C31H36FNO9/c1-18(2)26-21(10-6-8-12-23(34)30(3,41)28(37)38)25(19-14-16-20(32)17-15-19)22(27(36)33(26)5)11-7-9-13-24(35)31(4,42)29(39)40/h6-7,10-11,14-18,41-42H,8-9,12-13H2,1-5H3,(H,37,38)(H,39,40). The van der Waals surface area contributed by atoms with E-state index in [9.17, 15) is 38.6 Å². The number of aliphatic carboxylic acids is 2. The molecule has 0 amide bonds. The van der Waals surface area contributed by atoms with E-state index in [-0.39, 0.29) is 42.7 Å². The van der Waals surface area contributed by atoms with Crippen LogP contribution in [-0.2, 0) is 26.2 Å². The minimum Gasteiger partial charge on any atom is -0.479 e. The Morgan fingerprint density at radius 2 is 1.29 bits per heavy atom. The molecule has 2 atom stereocenters. The van der Waals surface area contributed by atoms with Gasteiger partial charge in [0.1, 0.15) is 5.82 Å². The van der Waals surface area contributed by atoms with E-state index in [0.29, 0.717) is 22.4 Å². The van der Waals surface area contributed by atoms with E-state index in [4.69, 9.17) is 10.2 Å². The van der Waals surface area contributed by atoms with Gasteiger partial charge in [-0.15, -0.1) is 0 Å². The van der Waals surface area contributed by atoms with E-state index in [2.05, 4.69) is 0 Å². The average molecular weight is 586 g/mol. The van der Waals surface area contributed by atoms with Crippen LogP contribution in [0.15, 0.2) is 41.2 Å². The summed E-state index contributed by atoms with van der Waals surface area (Å²) in [5.41, 5.74) is -3.08. The summed E-state index contributed by atoms with van der Waals surface area (Å²) < 4.78 is 15.3. The first-order valence-electron chi connectivity index (χ1n) is 13.3. The molecule has 0 spiro atoms. The van der Waals surface area contributed by atoms with Crippen molar-refractivity contribution in [1.29, 1.82) is 0 Å². The minimum absolute atomic E-state index is 0.0248. The van der Waals surface area contributed by atoms with Gasteiger partial charge in [0.05, 0.1) is 0 Å². The first kappa shape index (κ1) is 34.0. The largest absolute Gasteiger partial charge is 0.479 e. The number of Topliss-reactive ketones (excluding diaryl/α,β-unsaturated/α-hetero) is 2. The molecule has 226 valence electrons. The third kappa shape index (κ3) is 7.54. The molecule has 0 aliphatic heterocycles. The van der Waals surface area contributed by atoms with Gasteiger partial charge in [-0.3, -0.25) is 14.4 Å². The second-order valence-corrected chi connectivity index (χ2v) is 10.6. The van der Waals surface area contributed by atoms with Crippen molar-refractivity contribution in [2.24, 2.45) is 7.05 Å². The van der Waals surface area contributed by atoms with Gasteiger partial charge in [0.15, 0.2) is 11.6 Å². The monoisotopic (exact) mass is 585 g/mol. The number of aromatic nitrogens is 1. The van der Waals surface area contributed by atoms with Crippen LogP contribution < -0.4 is 5.56 Å². The molecule has 0 saturated carbocycles. The molecule has 1 heterocycles. The average Bonchev–Trinajstić information content (AvgIpc) is 2.91. The van der Waals surface area contributed by atoms with Gasteiger partial charge in [-0.1, -0.05) is 50.3 Å². The Kier molecular flexibility index (Phi) is 11.0. The van der Waals surface area contributed by atoms with Crippen molar-refractivity contribution in [2.75, 3.05) is 0 Å². The molecule has 2 unspecified atom stereocenters. The summed E-state index contributed by atoms with van der Waals surface area (Å²) in [6.07, 6.45) is 5.85. The smallest absolute Gasteiger partial charge is 0.343 e. The zero-order chi connectivity index (χ0) is 32.0. The van der Waals surface area contributed by atoms with E-state index >= 15 is 0 Å². The third-order valence-electron chi connectivity index (χ3n) is 6.95. The molecule has 0 aliphatic carbocycles. The lowest BCUT2D eigenvalue weighted by Crippen LogP contribution is -2.43. The lowest BCUT2D eigenvalue weighted by Gasteiger charge is -2.22. The van der Waals surface area contributed by atoms with Gasteiger partial charge in [-0.05, 0) is 50.3 Å². The molecule has 2 rings (SSSR count). The van der Waals surface area contributed by atoms with Crippen LogP contribution in [0.1, 0.15) is 76.1 Å². The number of hydrogen-bond acceptors (Lipinski definition) is 7. The Balaban J connectivity index is 2.63. The third-order valence-corrected chi connectivity index (χ3v) is 6.95. The molecule has 0 saturated heterocycles. The van der Waals surface area contributed by atoms with Crippen LogP contribution in [0.5, 0.6) is 0 Å². The maximum absolute atomic E-state index is 13.8. The first-order chi connectivity index (χ1) is 19.4. The number of ketones is 2. The van der Waals surface area contributed by atoms with E-state index in [0.717, 1.165) is 13.8 Å². The molecule has 0 bridgehead atoms. The Morgan fingerprint density at radius 1 is 0.857 bits per heavy atom. The van der Waals surface area contributed by atoms with E-state index in [1.807, 2.05) is 13.8 Å². The second-order valence-electron chi connectivity index (χ2n) is 10.6. The van der Waals surface area contributed by atoms with Crippen LogP contribution in [0.3, 0.4) is 0 Å². The number of carbonyl (C=O) groups excluding carboxylic acids is 2. The Morgan fingerprint density at radius 3 is 1.69 bits per heavy atom. The number of halogens is 1. The molecule has 10 nitrogen and oxygen atoms in total. The normalized spacial score (nSPS) is 14.7. The number of nitrogens with zero attached hydrogens (tertiary/aromatic N) is 1. The van der Waals surface area contributed by atoms with Crippen molar-refractivity contribution >= 4 is 35.7 Å². The van der Waals surface area contributed by atoms with Gasteiger partial charge in [0.25, 0.3) is 5.56 Å². The fourth-order valence-electron chi connectivity index (χ4n) is 4.36. The summed E-state index contributed by atoms with van der Waals surface area (Å²) in [7, 11) is 1.59. The van der Waals surface area contributed by atoms with Crippen LogP contribution in [0.4, 0.5) is 4.39 Å². The summed E-state index contributed by atoms with van der Waals surface area (Å²) in [5, 5.41) is 37.9. The van der Waals surface area contributed by atoms with Gasteiger partial charge in [-0.2, -0.15) is 0 Å². The highest BCUT2D eigenvalue weighted by Gasteiger charge is 2.38. The molecule has 42 heavy (non-hydrogen) atoms. The summed E-state index contributed by atoms with van der Waals surface area (Å²) in [6, 6.07) is 5.48. The minimum atomic E-state index is -2.54. The second kappa shape index (κ2) is 13.6. The number of carbonyl (C=O) groups is 4. The van der Waals surface area contributed by atoms with Crippen LogP contribution in [0, 0.1) is 5.82 Å². The SMILES string of the molecule is CC(C)c1c(C=CCCC(=O)C(C)(O)C(=O)O)c(-c2ccc(F)cc2)c(C=CCCC(=O)C(C)(O)C(=O)O)c(=O)n1C. The van der Waals surface area contributed by atoms with Crippen molar-refractivity contribution < 1.29 is 44.0 Å². The lowest BCUT2D eigenvalue weighted by molar-refractivity contribution is -0.164. The number of rotatable bonds is 14. The van der Waals surface area contributed by atoms with Gasteiger partial charge in [0, 0.05) is 42.3 Å².